The first-order chi connectivity index (χ1) is 8.16. The number of benzene rings is 1. The highest BCUT2D eigenvalue weighted by Crippen LogP contribution is 2.20. The van der Waals surface area contributed by atoms with Gasteiger partial charge in [0.2, 0.25) is 0 Å². The van der Waals surface area contributed by atoms with Crippen molar-refractivity contribution in [3.05, 3.63) is 58.0 Å². The van der Waals surface area contributed by atoms with Crippen molar-refractivity contribution < 1.29 is 4.39 Å². The van der Waals surface area contributed by atoms with E-state index in [4.69, 9.17) is 23.2 Å². The van der Waals surface area contributed by atoms with Crippen molar-refractivity contribution in [2.75, 3.05) is 5.32 Å². The summed E-state index contributed by atoms with van der Waals surface area (Å²) in [7, 11) is 0. The summed E-state index contributed by atoms with van der Waals surface area (Å²) in [4.78, 5) is 4.08. The lowest BCUT2D eigenvalue weighted by atomic mass is 10.2. The highest BCUT2D eigenvalue weighted by atomic mass is 35.5. The van der Waals surface area contributed by atoms with Crippen LogP contribution in [-0.4, -0.2) is 4.98 Å². The minimum atomic E-state index is -0.425. The van der Waals surface area contributed by atoms with Crippen LogP contribution >= 0.6 is 23.2 Å². The van der Waals surface area contributed by atoms with Gasteiger partial charge in [-0.05, 0) is 29.8 Å². The second-order valence-corrected chi connectivity index (χ2v) is 4.25. The van der Waals surface area contributed by atoms with Crippen LogP contribution in [0.15, 0.2) is 36.5 Å². The molecule has 0 atom stereocenters. The molecule has 1 aromatic heterocycles. The molecule has 0 bridgehead atoms. The number of nitrogens with one attached hydrogen (secondary N) is 1. The fourth-order valence-corrected chi connectivity index (χ4v) is 1.74. The smallest absolute Gasteiger partial charge is 0.145 e. The van der Waals surface area contributed by atoms with Crippen LogP contribution in [0.5, 0.6) is 0 Å². The Balaban J connectivity index is 2.08. The standard InChI is InChI=1S/C12H9Cl2FN2/c13-9-2-1-5-16-12(9)17-7-8-3-4-11(15)10(14)6-8/h1-6H,7H2,(H,16,17). The first-order valence-electron chi connectivity index (χ1n) is 4.95. The lowest BCUT2D eigenvalue weighted by Crippen LogP contribution is -2.01. The van der Waals surface area contributed by atoms with Gasteiger partial charge < -0.3 is 5.32 Å². The van der Waals surface area contributed by atoms with Crippen LogP contribution in [0.2, 0.25) is 10.0 Å². The Bertz CT molecular complexity index is 532. The van der Waals surface area contributed by atoms with Gasteiger partial charge >= 0.3 is 0 Å². The molecule has 88 valence electrons. The number of pyridine rings is 1. The van der Waals surface area contributed by atoms with Crippen LogP contribution in [0.25, 0.3) is 0 Å². The highest BCUT2D eigenvalue weighted by Gasteiger charge is 2.03. The lowest BCUT2D eigenvalue weighted by Gasteiger charge is -2.07. The molecule has 1 heterocycles. The Morgan fingerprint density at radius 3 is 2.71 bits per heavy atom. The minimum Gasteiger partial charge on any atom is -0.365 e. The Hall–Kier alpha value is -1.32. The monoisotopic (exact) mass is 270 g/mol. The van der Waals surface area contributed by atoms with E-state index in [1.807, 2.05) is 0 Å². The fraction of sp³-hybridized carbons (Fsp3) is 0.0833. The summed E-state index contributed by atoms with van der Waals surface area (Å²) in [5.41, 5.74) is 0.859. The zero-order chi connectivity index (χ0) is 12.3. The highest BCUT2D eigenvalue weighted by molar-refractivity contribution is 6.32. The quantitative estimate of drug-likeness (QED) is 0.907. The van der Waals surface area contributed by atoms with Crippen molar-refractivity contribution in [3.8, 4) is 0 Å². The molecule has 2 rings (SSSR count). The summed E-state index contributed by atoms with van der Waals surface area (Å²) < 4.78 is 12.9. The van der Waals surface area contributed by atoms with Gasteiger partial charge in [0.15, 0.2) is 0 Å². The third-order valence-corrected chi connectivity index (χ3v) is 2.80. The maximum absolute atomic E-state index is 12.9. The van der Waals surface area contributed by atoms with Crippen LogP contribution in [0.4, 0.5) is 10.2 Å². The molecule has 17 heavy (non-hydrogen) atoms. The maximum Gasteiger partial charge on any atom is 0.145 e. The number of hydrogen-bond donors (Lipinski definition) is 1. The van der Waals surface area contributed by atoms with E-state index in [9.17, 15) is 4.39 Å². The summed E-state index contributed by atoms with van der Waals surface area (Å²) in [5.74, 6) is 0.167. The molecule has 0 amide bonds. The van der Waals surface area contributed by atoms with Crippen molar-refractivity contribution in [3.63, 3.8) is 0 Å². The van der Waals surface area contributed by atoms with Gasteiger partial charge in [-0.25, -0.2) is 9.37 Å². The lowest BCUT2D eigenvalue weighted by molar-refractivity contribution is 0.627. The molecule has 5 heteroatoms. The van der Waals surface area contributed by atoms with Gasteiger partial charge in [-0.2, -0.15) is 0 Å². The minimum absolute atomic E-state index is 0.108. The van der Waals surface area contributed by atoms with Crippen LogP contribution in [0.3, 0.4) is 0 Å². The zero-order valence-corrected chi connectivity index (χ0v) is 10.3. The van der Waals surface area contributed by atoms with E-state index in [0.29, 0.717) is 17.4 Å². The Labute approximate surface area is 108 Å². The van der Waals surface area contributed by atoms with Crippen molar-refractivity contribution in [1.82, 2.24) is 4.98 Å². The van der Waals surface area contributed by atoms with Gasteiger partial charge in [-0.1, -0.05) is 29.3 Å². The molecule has 0 radical (unpaired) electrons. The summed E-state index contributed by atoms with van der Waals surface area (Å²) >= 11 is 11.6. The molecular formula is C12H9Cl2FN2. The molecule has 2 nitrogen and oxygen atoms in total. The van der Waals surface area contributed by atoms with Crippen LogP contribution < -0.4 is 5.32 Å². The van der Waals surface area contributed by atoms with Gasteiger partial charge in [-0.15, -0.1) is 0 Å². The third kappa shape index (κ3) is 3.08. The van der Waals surface area contributed by atoms with Gasteiger partial charge in [-0.3, -0.25) is 0 Å². The molecule has 1 N–H and O–H groups in total. The molecule has 2 aromatic rings. The second-order valence-electron chi connectivity index (χ2n) is 3.44. The summed E-state index contributed by atoms with van der Waals surface area (Å²) in [6.45, 7) is 0.483. The predicted octanol–water partition coefficient (Wildman–Crippen LogP) is 4.14. The third-order valence-electron chi connectivity index (χ3n) is 2.20. The van der Waals surface area contributed by atoms with E-state index in [0.717, 1.165) is 5.56 Å². The normalized spacial score (nSPS) is 10.3. The molecule has 0 spiro atoms. The molecule has 0 aliphatic carbocycles. The zero-order valence-electron chi connectivity index (χ0n) is 8.75. The summed E-state index contributed by atoms with van der Waals surface area (Å²) in [6, 6.07) is 8.06. The Kier molecular flexibility index (Phi) is 3.82. The molecule has 0 unspecified atom stereocenters. The number of rotatable bonds is 3. The molecule has 0 aliphatic heterocycles. The van der Waals surface area contributed by atoms with Gasteiger partial charge in [0.05, 0.1) is 10.0 Å². The molecule has 0 saturated heterocycles. The van der Waals surface area contributed by atoms with Gasteiger partial charge in [0, 0.05) is 12.7 Å². The largest absolute Gasteiger partial charge is 0.365 e. The molecule has 0 saturated carbocycles. The Morgan fingerprint density at radius 1 is 1.18 bits per heavy atom. The number of nitrogens with zero attached hydrogens (tertiary/aromatic N) is 1. The van der Waals surface area contributed by atoms with Crippen molar-refractivity contribution in [2.45, 2.75) is 6.54 Å². The van der Waals surface area contributed by atoms with Crippen molar-refractivity contribution in [1.29, 1.82) is 0 Å². The van der Waals surface area contributed by atoms with Crippen molar-refractivity contribution in [2.24, 2.45) is 0 Å². The summed E-state index contributed by atoms with van der Waals surface area (Å²) in [5, 5.41) is 3.70. The molecule has 1 aromatic carbocycles. The fourth-order valence-electron chi connectivity index (χ4n) is 1.35. The molecule has 0 aliphatic rings. The van der Waals surface area contributed by atoms with Gasteiger partial charge in [0.25, 0.3) is 0 Å². The first-order valence-corrected chi connectivity index (χ1v) is 5.71. The SMILES string of the molecule is Fc1ccc(CNc2ncccc2Cl)cc1Cl. The number of halogens is 3. The number of aromatic nitrogens is 1. The van der Waals surface area contributed by atoms with Crippen LogP contribution in [0.1, 0.15) is 5.56 Å². The average molecular weight is 271 g/mol. The topological polar surface area (TPSA) is 24.9 Å². The van der Waals surface area contributed by atoms with E-state index in [1.54, 1.807) is 30.5 Å². The molecular weight excluding hydrogens is 262 g/mol. The Morgan fingerprint density at radius 2 is 2.00 bits per heavy atom. The summed E-state index contributed by atoms with van der Waals surface area (Å²) in [6.07, 6.45) is 1.64. The maximum atomic E-state index is 12.9. The van der Waals surface area contributed by atoms with Crippen LogP contribution in [0, 0.1) is 5.82 Å². The van der Waals surface area contributed by atoms with E-state index in [-0.39, 0.29) is 5.02 Å². The molecule has 0 fully saturated rings. The van der Waals surface area contributed by atoms with E-state index in [2.05, 4.69) is 10.3 Å². The average Bonchev–Trinajstić information content (AvgIpc) is 2.32. The first kappa shape index (κ1) is 12.1. The van der Waals surface area contributed by atoms with E-state index in [1.165, 1.54) is 6.07 Å². The predicted molar refractivity (Wildman–Crippen MR) is 68.0 cm³/mol. The van der Waals surface area contributed by atoms with E-state index < -0.39 is 5.82 Å². The number of hydrogen-bond acceptors (Lipinski definition) is 2. The van der Waals surface area contributed by atoms with Gasteiger partial charge in [0.1, 0.15) is 11.6 Å². The van der Waals surface area contributed by atoms with Crippen molar-refractivity contribution >= 4 is 29.0 Å². The number of anilines is 1. The second kappa shape index (κ2) is 5.34. The van der Waals surface area contributed by atoms with Crippen LogP contribution in [-0.2, 0) is 6.54 Å². The van der Waals surface area contributed by atoms with E-state index >= 15 is 0 Å².